The standard InChI is InChI=1S/C25H37NO6/c1-15(2)6-7-17-8-10-24(17,5)22-18(12-27)20(9-11-25(22)14-31-25)32-23(30)26-21(16(3)4)19(29)13-28/h6,12-13,16-18,20-22H,7-11,14H2,1-5H3,(H,26,30)/t17-,18+,20+,21-,22+,24-,25-/m0/s1. The monoisotopic (exact) mass is 447 g/mol. The first-order valence-electron chi connectivity index (χ1n) is 11.8. The minimum atomic E-state index is -0.940. The third-order valence-electron chi connectivity index (χ3n) is 8.01. The molecule has 1 saturated heterocycles. The van der Waals surface area contributed by atoms with Crippen molar-refractivity contribution in [2.45, 2.75) is 84.5 Å². The zero-order chi connectivity index (χ0) is 23.7. The summed E-state index contributed by atoms with van der Waals surface area (Å²) in [5.74, 6) is -0.959. The predicted molar refractivity (Wildman–Crippen MR) is 119 cm³/mol. The molecule has 0 aromatic rings. The van der Waals surface area contributed by atoms with E-state index in [0.29, 0.717) is 18.9 Å². The fourth-order valence-corrected chi connectivity index (χ4v) is 5.98. The van der Waals surface area contributed by atoms with Crippen LogP contribution in [0.3, 0.4) is 0 Å². The lowest BCUT2D eigenvalue weighted by Crippen LogP contribution is -2.58. The molecular weight excluding hydrogens is 410 g/mol. The van der Waals surface area contributed by atoms with E-state index in [-0.39, 0.29) is 29.1 Å². The molecule has 0 bridgehead atoms. The minimum absolute atomic E-state index is 0.0131. The van der Waals surface area contributed by atoms with Gasteiger partial charge < -0.3 is 19.6 Å². The molecule has 1 N–H and O–H groups in total. The predicted octanol–water partition coefficient (Wildman–Crippen LogP) is 3.64. The number of Topliss-reactive ketones (excluding diaryl/α,β-unsaturated/α-hetero) is 1. The average molecular weight is 448 g/mol. The molecule has 3 rings (SSSR count). The van der Waals surface area contributed by atoms with Crippen molar-refractivity contribution in [3.63, 3.8) is 0 Å². The summed E-state index contributed by atoms with van der Waals surface area (Å²) >= 11 is 0. The number of epoxide rings is 1. The molecule has 3 fully saturated rings. The first-order chi connectivity index (χ1) is 15.1. The van der Waals surface area contributed by atoms with E-state index in [1.54, 1.807) is 13.8 Å². The Kier molecular flexibility index (Phi) is 7.28. The van der Waals surface area contributed by atoms with Crippen molar-refractivity contribution in [1.82, 2.24) is 5.32 Å². The van der Waals surface area contributed by atoms with E-state index < -0.39 is 29.9 Å². The number of rotatable bonds is 9. The molecule has 0 aromatic carbocycles. The van der Waals surface area contributed by atoms with Crippen LogP contribution in [0, 0.1) is 29.1 Å². The quantitative estimate of drug-likeness (QED) is 0.251. The molecule has 7 nitrogen and oxygen atoms in total. The molecule has 0 aromatic heterocycles. The molecule has 1 amide bonds. The Balaban J connectivity index is 1.76. The smallest absolute Gasteiger partial charge is 0.408 e. The first-order valence-corrected chi connectivity index (χ1v) is 11.8. The Morgan fingerprint density at radius 2 is 1.88 bits per heavy atom. The number of carbonyl (C=O) groups is 4. The van der Waals surface area contributed by atoms with Crippen LogP contribution in [-0.2, 0) is 23.9 Å². The van der Waals surface area contributed by atoms with Gasteiger partial charge >= 0.3 is 6.09 Å². The van der Waals surface area contributed by atoms with Gasteiger partial charge in [-0.25, -0.2) is 4.79 Å². The maximum Gasteiger partial charge on any atom is 0.408 e. The number of amides is 1. The van der Waals surface area contributed by atoms with Gasteiger partial charge in [-0.15, -0.1) is 0 Å². The molecular formula is C25H37NO6. The van der Waals surface area contributed by atoms with Crippen LogP contribution in [0.15, 0.2) is 11.6 Å². The highest BCUT2D eigenvalue weighted by molar-refractivity contribution is 6.27. The van der Waals surface area contributed by atoms with Crippen LogP contribution in [-0.4, -0.2) is 48.8 Å². The van der Waals surface area contributed by atoms with Crippen molar-refractivity contribution >= 4 is 24.4 Å². The zero-order valence-electron chi connectivity index (χ0n) is 19.9. The Labute approximate surface area is 190 Å². The van der Waals surface area contributed by atoms with Gasteiger partial charge in [0, 0.05) is 5.92 Å². The van der Waals surface area contributed by atoms with Crippen LogP contribution in [0.5, 0.6) is 0 Å². The molecule has 32 heavy (non-hydrogen) atoms. The molecule has 1 heterocycles. The largest absolute Gasteiger partial charge is 0.445 e. The Bertz CT molecular complexity index is 781. The van der Waals surface area contributed by atoms with Crippen LogP contribution in [0.25, 0.3) is 0 Å². The SMILES string of the molecule is CC(C)=CC[C@H]1CC[C@]1(C)[C@H]1[C@H](C=O)[C@H](OC(=O)N[C@H](C(=O)C=O)C(C)C)CC[C@]12CO2. The maximum atomic E-state index is 12.6. The number of hydrogen-bond donors (Lipinski definition) is 1. The second kappa shape index (κ2) is 9.46. The molecule has 2 aliphatic carbocycles. The van der Waals surface area contributed by atoms with Gasteiger partial charge in [0.25, 0.3) is 0 Å². The van der Waals surface area contributed by atoms with E-state index in [1.807, 2.05) is 0 Å². The highest BCUT2D eigenvalue weighted by Crippen LogP contribution is 2.64. The molecule has 1 aliphatic heterocycles. The summed E-state index contributed by atoms with van der Waals surface area (Å²) in [6.45, 7) is 10.6. The molecule has 1 spiro atoms. The van der Waals surface area contributed by atoms with Gasteiger partial charge in [0.1, 0.15) is 18.4 Å². The Morgan fingerprint density at radius 1 is 1.19 bits per heavy atom. The molecule has 7 heteroatoms. The summed E-state index contributed by atoms with van der Waals surface area (Å²) in [5, 5.41) is 2.52. The highest BCUT2D eigenvalue weighted by Gasteiger charge is 2.67. The lowest BCUT2D eigenvalue weighted by Gasteiger charge is -2.57. The zero-order valence-corrected chi connectivity index (χ0v) is 19.9. The van der Waals surface area contributed by atoms with Crippen LogP contribution in [0.4, 0.5) is 4.79 Å². The summed E-state index contributed by atoms with van der Waals surface area (Å²) in [6, 6.07) is -0.940. The molecule has 7 atom stereocenters. The molecule has 3 aliphatic rings. The van der Waals surface area contributed by atoms with Crippen LogP contribution in [0.1, 0.15) is 66.7 Å². The maximum absolute atomic E-state index is 12.6. The summed E-state index contributed by atoms with van der Waals surface area (Å²) in [6.07, 6.45) is 6.48. The van der Waals surface area contributed by atoms with E-state index in [4.69, 9.17) is 9.47 Å². The first kappa shape index (κ1) is 24.6. The summed E-state index contributed by atoms with van der Waals surface area (Å²) < 4.78 is 11.7. The number of ether oxygens (including phenoxy) is 2. The second-order valence-corrected chi connectivity index (χ2v) is 10.7. The minimum Gasteiger partial charge on any atom is -0.445 e. The third kappa shape index (κ3) is 4.68. The second-order valence-electron chi connectivity index (χ2n) is 10.7. The Morgan fingerprint density at radius 3 is 2.34 bits per heavy atom. The number of ketones is 1. The van der Waals surface area contributed by atoms with E-state index in [1.165, 1.54) is 5.57 Å². The van der Waals surface area contributed by atoms with Gasteiger partial charge in [-0.3, -0.25) is 9.59 Å². The number of allylic oxidation sites excluding steroid dienone is 2. The molecule has 0 unspecified atom stereocenters. The van der Waals surface area contributed by atoms with Crippen molar-refractivity contribution in [2.24, 2.45) is 29.1 Å². The number of hydrogen-bond acceptors (Lipinski definition) is 6. The van der Waals surface area contributed by atoms with E-state index in [0.717, 1.165) is 32.0 Å². The van der Waals surface area contributed by atoms with Crippen LogP contribution in [0.2, 0.25) is 0 Å². The van der Waals surface area contributed by atoms with E-state index >= 15 is 0 Å². The number of nitrogens with one attached hydrogen (secondary N) is 1. The topological polar surface area (TPSA) is 102 Å². The Hall–Kier alpha value is -2.02. The van der Waals surface area contributed by atoms with E-state index in [9.17, 15) is 19.2 Å². The normalized spacial score (nSPS) is 36.6. The van der Waals surface area contributed by atoms with Gasteiger partial charge in [0.2, 0.25) is 5.78 Å². The average Bonchev–Trinajstić information content (AvgIpc) is 3.50. The van der Waals surface area contributed by atoms with E-state index in [2.05, 4.69) is 32.2 Å². The lowest BCUT2D eigenvalue weighted by molar-refractivity contribution is -0.145. The number of aldehydes is 2. The van der Waals surface area contributed by atoms with Gasteiger partial charge in [-0.05, 0) is 63.2 Å². The van der Waals surface area contributed by atoms with Gasteiger partial charge in [-0.1, -0.05) is 32.4 Å². The van der Waals surface area contributed by atoms with Gasteiger partial charge in [0.15, 0.2) is 6.29 Å². The van der Waals surface area contributed by atoms with Crippen molar-refractivity contribution in [1.29, 1.82) is 0 Å². The lowest BCUT2D eigenvalue weighted by atomic mass is 9.47. The van der Waals surface area contributed by atoms with Crippen molar-refractivity contribution in [2.75, 3.05) is 6.61 Å². The van der Waals surface area contributed by atoms with Crippen molar-refractivity contribution < 1.29 is 28.7 Å². The third-order valence-corrected chi connectivity index (χ3v) is 8.01. The summed E-state index contributed by atoms with van der Waals surface area (Å²) in [7, 11) is 0. The molecule has 178 valence electrons. The molecule has 0 radical (unpaired) electrons. The highest BCUT2D eigenvalue weighted by atomic mass is 16.6. The molecule has 2 saturated carbocycles. The van der Waals surface area contributed by atoms with Gasteiger partial charge in [-0.2, -0.15) is 0 Å². The van der Waals surface area contributed by atoms with Crippen LogP contribution < -0.4 is 5.32 Å². The summed E-state index contributed by atoms with van der Waals surface area (Å²) in [4.78, 5) is 47.7. The summed E-state index contributed by atoms with van der Waals surface area (Å²) in [5.41, 5.74) is 0.934. The fraction of sp³-hybridized carbons (Fsp3) is 0.760. The van der Waals surface area contributed by atoms with Crippen LogP contribution >= 0.6 is 0 Å². The van der Waals surface area contributed by atoms with Crippen molar-refractivity contribution in [3.8, 4) is 0 Å². The van der Waals surface area contributed by atoms with Gasteiger partial charge in [0.05, 0.1) is 18.1 Å². The fourth-order valence-electron chi connectivity index (χ4n) is 5.98. The number of alkyl carbamates (subject to hydrolysis) is 1. The number of carbonyl (C=O) groups excluding carboxylic acids is 4. The van der Waals surface area contributed by atoms with Crippen molar-refractivity contribution in [3.05, 3.63) is 11.6 Å².